The van der Waals surface area contributed by atoms with E-state index in [0.29, 0.717) is 27.5 Å². The Labute approximate surface area is 154 Å². The number of nitriles is 2. The van der Waals surface area contributed by atoms with E-state index in [1.165, 1.54) is 17.8 Å². The number of benzene rings is 2. The van der Waals surface area contributed by atoms with Gasteiger partial charge in [-0.3, -0.25) is 0 Å². The molecule has 0 bridgehead atoms. The van der Waals surface area contributed by atoms with Gasteiger partial charge in [-0.25, -0.2) is 9.37 Å². The number of halogens is 1. The van der Waals surface area contributed by atoms with Gasteiger partial charge in [-0.2, -0.15) is 10.5 Å². The summed E-state index contributed by atoms with van der Waals surface area (Å²) in [6, 6.07) is 19.7. The van der Waals surface area contributed by atoms with Crippen molar-refractivity contribution in [3.05, 3.63) is 77.1 Å². The highest BCUT2D eigenvalue weighted by Gasteiger charge is 2.20. The van der Waals surface area contributed by atoms with E-state index >= 15 is 0 Å². The van der Waals surface area contributed by atoms with Crippen molar-refractivity contribution in [3.8, 4) is 23.3 Å². The van der Waals surface area contributed by atoms with E-state index in [4.69, 9.17) is 5.73 Å². The summed E-state index contributed by atoms with van der Waals surface area (Å²) in [4.78, 5) is 4.22. The second-order valence-electron chi connectivity index (χ2n) is 5.40. The van der Waals surface area contributed by atoms with E-state index in [9.17, 15) is 14.9 Å². The number of rotatable bonds is 4. The van der Waals surface area contributed by atoms with Gasteiger partial charge in [0.05, 0.1) is 5.56 Å². The van der Waals surface area contributed by atoms with E-state index in [1.807, 2.05) is 36.4 Å². The van der Waals surface area contributed by atoms with Crippen LogP contribution in [0.25, 0.3) is 11.1 Å². The molecule has 0 amide bonds. The molecule has 0 aliphatic heterocycles. The molecule has 26 heavy (non-hydrogen) atoms. The normalized spacial score (nSPS) is 10.1. The lowest BCUT2D eigenvalue weighted by Crippen LogP contribution is -2.03. The van der Waals surface area contributed by atoms with Gasteiger partial charge < -0.3 is 5.73 Å². The molecule has 1 heterocycles. The summed E-state index contributed by atoms with van der Waals surface area (Å²) < 4.78 is 13.9. The van der Waals surface area contributed by atoms with Gasteiger partial charge in [0, 0.05) is 11.3 Å². The van der Waals surface area contributed by atoms with Crippen LogP contribution < -0.4 is 5.73 Å². The van der Waals surface area contributed by atoms with Gasteiger partial charge in [-0.15, -0.1) is 11.8 Å². The van der Waals surface area contributed by atoms with E-state index < -0.39 is 0 Å². The van der Waals surface area contributed by atoms with Crippen LogP contribution in [0.1, 0.15) is 16.7 Å². The van der Waals surface area contributed by atoms with Crippen LogP contribution >= 0.6 is 11.8 Å². The molecule has 4 nitrogen and oxygen atoms in total. The van der Waals surface area contributed by atoms with Crippen LogP contribution in [-0.4, -0.2) is 4.98 Å². The average Bonchev–Trinajstić information content (AvgIpc) is 2.67. The molecule has 2 N–H and O–H groups in total. The van der Waals surface area contributed by atoms with Crippen molar-refractivity contribution in [2.24, 2.45) is 0 Å². The predicted molar refractivity (Wildman–Crippen MR) is 99.5 cm³/mol. The van der Waals surface area contributed by atoms with E-state index in [2.05, 4.69) is 11.1 Å². The Morgan fingerprint density at radius 2 is 1.62 bits per heavy atom. The summed E-state index contributed by atoms with van der Waals surface area (Å²) >= 11 is 1.22. The third-order valence-electron chi connectivity index (χ3n) is 3.80. The molecule has 1 aromatic heterocycles. The van der Waals surface area contributed by atoms with Gasteiger partial charge in [0.25, 0.3) is 0 Å². The Morgan fingerprint density at radius 1 is 0.962 bits per heavy atom. The average molecular weight is 360 g/mol. The zero-order valence-corrected chi connectivity index (χ0v) is 14.4. The fourth-order valence-corrected chi connectivity index (χ4v) is 3.54. The molecule has 0 aliphatic carbocycles. The summed E-state index contributed by atoms with van der Waals surface area (Å²) in [6.07, 6.45) is 0. The topological polar surface area (TPSA) is 86.5 Å². The molecule has 2 aromatic carbocycles. The summed E-state index contributed by atoms with van der Waals surface area (Å²) in [6.45, 7) is 0. The molecular weight excluding hydrogens is 347 g/mol. The maximum absolute atomic E-state index is 13.9. The van der Waals surface area contributed by atoms with Gasteiger partial charge in [0.15, 0.2) is 0 Å². The first kappa shape index (κ1) is 17.5. The first-order valence-electron chi connectivity index (χ1n) is 7.71. The first-order chi connectivity index (χ1) is 12.7. The van der Waals surface area contributed by atoms with E-state index in [1.54, 1.807) is 18.2 Å². The van der Waals surface area contributed by atoms with Crippen molar-refractivity contribution in [1.29, 1.82) is 10.5 Å². The number of nitrogens with zero attached hydrogens (tertiary/aromatic N) is 3. The minimum atomic E-state index is -0.316. The van der Waals surface area contributed by atoms with Crippen molar-refractivity contribution in [2.45, 2.75) is 10.8 Å². The molecule has 0 fully saturated rings. The zero-order valence-electron chi connectivity index (χ0n) is 13.6. The lowest BCUT2D eigenvalue weighted by molar-refractivity contribution is 0.617. The van der Waals surface area contributed by atoms with Gasteiger partial charge in [0.2, 0.25) is 0 Å². The number of nitrogens with two attached hydrogens (primary N) is 1. The van der Waals surface area contributed by atoms with Crippen LogP contribution in [0.2, 0.25) is 0 Å². The zero-order chi connectivity index (χ0) is 18.5. The summed E-state index contributed by atoms with van der Waals surface area (Å²) in [5.74, 6) is 0.0401. The van der Waals surface area contributed by atoms with E-state index in [0.717, 1.165) is 0 Å². The minimum Gasteiger partial charge on any atom is -0.383 e. The van der Waals surface area contributed by atoms with Crippen molar-refractivity contribution in [1.82, 2.24) is 4.98 Å². The number of hydrogen-bond donors (Lipinski definition) is 1. The van der Waals surface area contributed by atoms with Crippen LogP contribution in [0.3, 0.4) is 0 Å². The Bertz CT molecular complexity index is 1040. The molecule has 0 saturated heterocycles. The maximum atomic E-state index is 13.9. The van der Waals surface area contributed by atoms with Crippen molar-refractivity contribution >= 4 is 17.6 Å². The molecule has 6 heteroatoms. The van der Waals surface area contributed by atoms with Gasteiger partial charge in [0.1, 0.15) is 34.4 Å². The van der Waals surface area contributed by atoms with Gasteiger partial charge >= 0.3 is 0 Å². The smallest absolute Gasteiger partial charge is 0.143 e. The van der Waals surface area contributed by atoms with Crippen LogP contribution in [0.4, 0.5) is 10.2 Å². The number of hydrogen-bond acceptors (Lipinski definition) is 5. The molecule has 0 spiro atoms. The second-order valence-corrected chi connectivity index (χ2v) is 6.36. The maximum Gasteiger partial charge on any atom is 0.143 e. The molecule has 0 radical (unpaired) electrons. The fourth-order valence-electron chi connectivity index (χ4n) is 2.56. The number of aromatic nitrogens is 1. The molecular formula is C20H13FN4S. The van der Waals surface area contributed by atoms with Crippen molar-refractivity contribution in [3.63, 3.8) is 0 Å². The first-order valence-corrected chi connectivity index (χ1v) is 8.69. The molecule has 0 aliphatic rings. The molecule has 0 saturated carbocycles. The third-order valence-corrected chi connectivity index (χ3v) is 4.82. The molecule has 3 rings (SSSR count). The highest BCUT2D eigenvalue weighted by Crippen LogP contribution is 2.36. The predicted octanol–water partition coefficient (Wildman–Crippen LogP) is 4.51. The number of thioether (sulfide) groups is 1. The van der Waals surface area contributed by atoms with E-state index in [-0.39, 0.29) is 22.8 Å². The Balaban J connectivity index is 2.10. The van der Waals surface area contributed by atoms with Crippen LogP contribution in [0, 0.1) is 28.5 Å². The number of nitrogen functional groups attached to an aromatic ring is 1. The summed E-state index contributed by atoms with van der Waals surface area (Å²) in [5, 5.41) is 19.6. The van der Waals surface area contributed by atoms with Crippen molar-refractivity contribution in [2.75, 3.05) is 5.73 Å². The Morgan fingerprint density at radius 3 is 2.27 bits per heavy atom. The number of pyridine rings is 1. The van der Waals surface area contributed by atoms with Crippen LogP contribution in [0.15, 0.2) is 59.6 Å². The third kappa shape index (κ3) is 3.37. The molecule has 0 atom stereocenters. The lowest BCUT2D eigenvalue weighted by Gasteiger charge is -2.13. The standard InChI is InChI=1S/C20H13FN4S/c21-17-9-5-4-8-14(17)12-26-20-16(11-23)18(13-6-2-1-3-7-13)15(10-22)19(24)25-20/h1-9H,12H2,(H2,24,25). The summed E-state index contributed by atoms with van der Waals surface area (Å²) in [5.41, 5.74) is 8.07. The molecule has 0 unspecified atom stereocenters. The quantitative estimate of drug-likeness (QED) is 0.692. The molecule has 3 aromatic rings. The van der Waals surface area contributed by atoms with Gasteiger partial charge in [-0.05, 0) is 17.2 Å². The van der Waals surface area contributed by atoms with Crippen LogP contribution in [0.5, 0.6) is 0 Å². The lowest BCUT2D eigenvalue weighted by atomic mass is 9.97. The van der Waals surface area contributed by atoms with Gasteiger partial charge in [-0.1, -0.05) is 48.5 Å². The highest BCUT2D eigenvalue weighted by atomic mass is 32.2. The number of anilines is 1. The monoisotopic (exact) mass is 360 g/mol. The Hall–Kier alpha value is -3.35. The van der Waals surface area contributed by atoms with Crippen molar-refractivity contribution < 1.29 is 4.39 Å². The SMILES string of the molecule is N#Cc1c(N)nc(SCc2ccccc2F)c(C#N)c1-c1ccccc1. The largest absolute Gasteiger partial charge is 0.383 e. The Kier molecular flexibility index (Phi) is 5.17. The second kappa shape index (κ2) is 7.69. The fraction of sp³-hybridized carbons (Fsp3) is 0.0500. The molecule has 126 valence electrons. The summed E-state index contributed by atoms with van der Waals surface area (Å²) in [7, 11) is 0. The minimum absolute atomic E-state index is 0.0568. The highest BCUT2D eigenvalue weighted by molar-refractivity contribution is 7.98. The van der Waals surface area contributed by atoms with Crippen LogP contribution in [-0.2, 0) is 5.75 Å².